The van der Waals surface area contributed by atoms with Crippen molar-refractivity contribution in [3.05, 3.63) is 28.8 Å². The minimum Gasteiger partial charge on any atom is -0.493 e. The van der Waals surface area contributed by atoms with Crippen molar-refractivity contribution in [2.75, 3.05) is 12.3 Å². The summed E-state index contributed by atoms with van der Waals surface area (Å²) in [6, 6.07) is 6.21. The highest BCUT2D eigenvalue weighted by molar-refractivity contribution is 7.16. The molecule has 0 radical (unpaired) electrons. The molecule has 0 atom stereocenters. The lowest BCUT2D eigenvalue weighted by Gasteiger charge is -2.02. The summed E-state index contributed by atoms with van der Waals surface area (Å²) in [7, 11) is 0. The van der Waals surface area contributed by atoms with E-state index in [-0.39, 0.29) is 0 Å². The monoisotopic (exact) mass is 260 g/mol. The molecule has 3 rings (SSSR count). The molecule has 1 aromatic heterocycles. The molecule has 1 aliphatic heterocycles. The molecule has 0 saturated carbocycles. The molecule has 0 fully saturated rings. The highest BCUT2D eigenvalue weighted by Gasteiger charge is 2.17. The molecule has 0 amide bonds. The SMILES string of the molecule is CC(C)c1nc(-c2ccc3c(c2)CCO3)c(N)s1. The quantitative estimate of drug-likeness (QED) is 0.899. The van der Waals surface area contributed by atoms with Crippen LogP contribution in [0.25, 0.3) is 11.3 Å². The first kappa shape index (κ1) is 11.5. The van der Waals surface area contributed by atoms with Crippen LogP contribution in [0.4, 0.5) is 5.00 Å². The molecule has 18 heavy (non-hydrogen) atoms. The van der Waals surface area contributed by atoms with Crippen LogP contribution in [0.1, 0.15) is 30.3 Å². The number of hydrogen-bond donors (Lipinski definition) is 1. The van der Waals surface area contributed by atoms with Crippen LogP contribution in [0.3, 0.4) is 0 Å². The van der Waals surface area contributed by atoms with E-state index in [1.807, 2.05) is 12.1 Å². The van der Waals surface area contributed by atoms with Crippen molar-refractivity contribution in [2.24, 2.45) is 0 Å². The molecule has 4 heteroatoms. The fourth-order valence-electron chi connectivity index (χ4n) is 2.14. The summed E-state index contributed by atoms with van der Waals surface area (Å²) >= 11 is 1.59. The molecule has 0 spiro atoms. The van der Waals surface area contributed by atoms with Crippen LogP contribution in [0.15, 0.2) is 18.2 Å². The molecular weight excluding hydrogens is 244 g/mol. The van der Waals surface area contributed by atoms with E-state index in [0.717, 1.165) is 40.0 Å². The third kappa shape index (κ3) is 1.86. The van der Waals surface area contributed by atoms with E-state index < -0.39 is 0 Å². The number of thiazole rings is 1. The number of nitrogen functional groups attached to an aromatic ring is 1. The van der Waals surface area contributed by atoms with E-state index in [9.17, 15) is 0 Å². The first-order valence-corrected chi connectivity index (χ1v) is 6.99. The van der Waals surface area contributed by atoms with Gasteiger partial charge in [-0.05, 0) is 23.8 Å². The topological polar surface area (TPSA) is 48.1 Å². The molecule has 2 heterocycles. The number of ether oxygens (including phenoxy) is 1. The van der Waals surface area contributed by atoms with Crippen LogP contribution in [-0.4, -0.2) is 11.6 Å². The van der Waals surface area contributed by atoms with Gasteiger partial charge in [-0.3, -0.25) is 0 Å². The first-order chi connectivity index (χ1) is 8.65. The highest BCUT2D eigenvalue weighted by Crippen LogP contribution is 2.36. The maximum Gasteiger partial charge on any atom is 0.122 e. The number of aromatic nitrogens is 1. The third-order valence-corrected chi connectivity index (χ3v) is 4.31. The van der Waals surface area contributed by atoms with Gasteiger partial charge in [-0.15, -0.1) is 11.3 Å². The molecule has 1 aliphatic rings. The Morgan fingerprint density at radius 3 is 2.94 bits per heavy atom. The normalized spacial score (nSPS) is 13.7. The predicted molar refractivity (Wildman–Crippen MR) is 75.3 cm³/mol. The number of benzene rings is 1. The van der Waals surface area contributed by atoms with Crippen LogP contribution in [0.5, 0.6) is 5.75 Å². The smallest absolute Gasteiger partial charge is 0.122 e. The molecule has 0 unspecified atom stereocenters. The average molecular weight is 260 g/mol. The third-order valence-electron chi connectivity index (χ3n) is 3.13. The van der Waals surface area contributed by atoms with Crippen molar-refractivity contribution in [3.8, 4) is 17.0 Å². The minimum absolute atomic E-state index is 0.420. The van der Waals surface area contributed by atoms with Crippen LogP contribution in [-0.2, 0) is 6.42 Å². The first-order valence-electron chi connectivity index (χ1n) is 6.17. The van der Waals surface area contributed by atoms with E-state index in [0.29, 0.717) is 5.92 Å². The molecule has 0 saturated heterocycles. The van der Waals surface area contributed by atoms with Gasteiger partial charge < -0.3 is 10.5 Å². The van der Waals surface area contributed by atoms with E-state index >= 15 is 0 Å². The van der Waals surface area contributed by atoms with Gasteiger partial charge in [0.2, 0.25) is 0 Å². The molecule has 3 nitrogen and oxygen atoms in total. The van der Waals surface area contributed by atoms with Crippen molar-refractivity contribution in [1.29, 1.82) is 0 Å². The van der Waals surface area contributed by atoms with Crippen molar-refractivity contribution >= 4 is 16.3 Å². The molecular formula is C14H16N2OS. The van der Waals surface area contributed by atoms with Crippen molar-refractivity contribution in [3.63, 3.8) is 0 Å². The van der Waals surface area contributed by atoms with Gasteiger partial charge in [0.25, 0.3) is 0 Å². The Balaban J connectivity index is 2.04. The lowest BCUT2D eigenvalue weighted by Crippen LogP contribution is -1.88. The Morgan fingerprint density at radius 2 is 2.22 bits per heavy atom. The van der Waals surface area contributed by atoms with Gasteiger partial charge in [0.05, 0.1) is 11.6 Å². The zero-order chi connectivity index (χ0) is 12.7. The summed E-state index contributed by atoms with van der Waals surface area (Å²) in [4.78, 5) is 4.66. The Labute approximate surface area is 111 Å². The lowest BCUT2D eigenvalue weighted by atomic mass is 10.1. The number of nitrogens with zero attached hydrogens (tertiary/aromatic N) is 1. The fraction of sp³-hybridized carbons (Fsp3) is 0.357. The lowest BCUT2D eigenvalue weighted by molar-refractivity contribution is 0.357. The van der Waals surface area contributed by atoms with Crippen molar-refractivity contribution < 1.29 is 4.74 Å². The number of fused-ring (bicyclic) bond motifs is 1. The van der Waals surface area contributed by atoms with E-state index in [4.69, 9.17) is 10.5 Å². The summed E-state index contributed by atoms with van der Waals surface area (Å²) in [5.74, 6) is 1.42. The van der Waals surface area contributed by atoms with Gasteiger partial charge in [-0.2, -0.15) is 0 Å². The molecule has 94 valence electrons. The average Bonchev–Trinajstić information content (AvgIpc) is 2.93. The second-order valence-corrected chi connectivity index (χ2v) is 5.90. The molecule has 0 bridgehead atoms. The molecule has 2 aromatic rings. The number of hydrogen-bond acceptors (Lipinski definition) is 4. The minimum atomic E-state index is 0.420. The molecule has 1 aromatic carbocycles. The standard InChI is InChI=1S/C14H16N2OS/c1-8(2)14-16-12(13(15)18-14)10-3-4-11-9(7-10)5-6-17-11/h3-4,7-8H,5-6,15H2,1-2H3. The maximum absolute atomic E-state index is 6.08. The number of anilines is 1. The van der Waals surface area contributed by atoms with Crippen molar-refractivity contribution in [1.82, 2.24) is 4.98 Å². The van der Waals surface area contributed by atoms with Gasteiger partial charge in [-0.25, -0.2) is 4.98 Å². The Bertz CT molecular complexity index is 589. The van der Waals surface area contributed by atoms with Gasteiger partial charge in [0.15, 0.2) is 0 Å². The zero-order valence-corrected chi connectivity index (χ0v) is 11.4. The number of rotatable bonds is 2. The second-order valence-electron chi connectivity index (χ2n) is 4.84. The van der Waals surface area contributed by atoms with E-state index in [2.05, 4.69) is 24.9 Å². The molecule has 2 N–H and O–H groups in total. The maximum atomic E-state index is 6.08. The van der Waals surface area contributed by atoms with Crippen LogP contribution in [0.2, 0.25) is 0 Å². The Kier molecular flexibility index (Phi) is 2.74. The van der Waals surface area contributed by atoms with E-state index in [1.165, 1.54) is 5.56 Å². The van der Waals surface area contributed by atoms with Gasteiger partial charge >= 0.3 is 0 Å². The summed E-state index contributed by atoms with van der Waals surface area (Å²) in [6.07, 6.45) is 0.976. The predicted octanol–water partition coefficient (Wildman–Crippen LogP) is 3.45. The Morgan fingerprint density at radius 1 is 1.39 bits per heavy atom. The van der Waals surface area contributed by atoms with Crippen LogP contribution < -0.4 is 10.5 Å². The Hall–Kier alpha value is -1.55. The van der Waals surface area contributed by atoms with Gasteiger partial charge in [-0.1, -0.05) is 13.8 Å². The number of nitrogens with two attached hydrogens (primary N) is 1. The van der Waals surface area contributed by atoms with Crippen molar-refractivity contribution in [2.45, 2.75) is 26.2 Å². The largest absolute Gasteiger partial charge is 0.493 e. The fourth-order valence-corrected chi connectivity index (χ4v) is 2.99. The van der Waals surface area contributed by atoms with E-state index in [1.54, 1.807) is 11.3 Å². The van der Waals surface area contributed by atoms with Gasteiger partial charge in [0, 0.05) is 17.9 Å². The van der Waals surface area contributed by atoms with Crippen LogP contribution in [0, 0.1) is 0 Å². The second kappa shape index (κ2) is 4.28. The summed E-state index contributed by atoms with van der Waals surface area (Å²) in [5, 5.41) is 1.90. The summed E-state index contributed by atoms with van der Waals surface area (Å²) in [6.45, 7) is 5.06. The van der Waals surface area contributed by atoms with Gasteiger partial charge in [0.1, 0.15) is 16.4 Å². The zero-order valence-electron chi connectivity index (χ0n) is 10.6. The molecule has 0 aliphatic carbocycles. The summed E-state index contributed by atoms with van der Waals surface area (Å²) in [5.41, 5.74) is 9.35. The highest BCUT2D eigenvalue weighted by atomic mass is 32.1. The summed E-state index contributed by atoms with van der Waals surface area (Å²) < 4.78 is 5.51. The van der Waals surface area contributed by atoms with Crippen LogP contribution >= 0.6 is 11.3 Å².